The molecule has 0 N–H and O–H groups in total. The van der Waals surface area contributed by atoms with E-state index in [2.05, 4.69) is 0 Å². The molecule has 0 saturated heterocycles. The van der Waals surface area contributed by atoms with E-state index in [-0.39, 0.29) is 6.10 Å². The number of allylic oxidation sites excluding steroid dienone is 2. The Morgan fingerprint density at radius 2 is 2.67 bits per heavy atom. The molecule has 0 saturated carbocycles. The van der Waals surface area contributed by atoms with Gasteiger partial charge in [-0.2, -0.15) is 5.26 Å². The zero-order valence-electron chi connectivity index (χ0n) is 5.42. The van der Waals surface area contributed by atoms with Crippen LogP contribution in [0.1, 0.15) is 19.8 Å². The molecule has 0 amide bonds. The van der Waals surface area contributed by atoms with Crippen LogP contribution in [0.4, 0.5) is 0 Å². The Morgan fingerprint density at radius 3 is 3.11 bits per heavy atom. The first-order valence-corrected chi connectivity index (χ1v) is 3.10. The minimum Gasteiger partial charge on any atom is -0.481 e. The molecule has 0 spiro atoms. The first-order valence-electron chi connectivity index (χ1n) is 3.10. The maximum absolute atomic E-state index is 8.37. The fourth-order valence-corrected chi connectivity index (χ4v) is 0.845. The van der Waals surface area contributed by atoms with Crippen molar-refractivity contribution < 1.29 is 4.74 Å². The Balaban J connectivity index is 2.56. The predicted octanol–water partition coefficient (Wildman–Crippen LogP) is 1.59. The van der Waals surface area contributed by atoms with Gasteiger partial charge in [0, 0.05) is 0 Å². The fourth-order valence-electron chi connectivity index (χ4n) is 0.845. The Bertz CT molecular complexity index is 166. The number of rotatable bonds is 0. The van der Waals surface area contributed by atoms with Gasteiger partial charge < -0.3 is 4.74 Å². The second-order valence-electron chi connectivity index (χ2n) is 2.19. The zero-order chi connectivity index (χ0) is 6.69. The van der Waals surface area contributed by atoms with Gasteiger partial charge in [0.05, 0.1) is 6.10 Å². The van der Waals surface area contributed by atoms with E-state index in [1.54, 1.807) is 0 Å². The number of hydrogen-bond donors (Lipinski definition) is 0. The van der Waals surface area contributed by atoms with E-state index in [1.165, 1.54) is 0 Å². The van der Waals surface area contributed by atoms with Gasteiger partial charge in [-0.3, -0.25) is 0 Å². The van der Waals surface area contributed by atoms with Crippen LogP contribution >= 0.6 is 0 Å². The summed E-state index contributed by atoms with van der Waals surface area (Å²) in [6, 6.07) is 1.97. The van der Waals surface area contributed by atoms with Crippen molar-refractivity contribution in [1.29, 1.82) is 5.26 Å². The van der Waals surface area contributed by atoms with Crippen LogP contribution in [0.25, 0.3) is 0 Å². The molecule has 1 aliphatic rings. The van der Waals surface area contributed by atoms with Crippen molar-refractivity contribution in [2.75, 3.05) is 0 Å². The van der Waals surface area contributed by atoms with Gasteiger partial charge in [-0.25, -0.2) is 0 Å². The molecule has 2 nitrogen and oxygen atoms in total. The molecule has 0 radical (unpaired) electrons. The van der Waals surface area contributed by atoms with E-state index in [1.807, 2.05) is 19.1 Å². The summed E-state index contributed by atoms with van der Waals surface area (Å²) in [7, 11) is 0. The Labute approximate surface area is 54.7 Å². The SMILES string of the molecule is CC1CCC=C(C#N)O1. The molecule has 48 valence electrons. The number of nitrogens with zero attached hydrogens (tertiary/aromatic N) is 1. The summed E-state index contributed by atoms with van der Waals surface area (Å²) in [4.78, 5) is 0. The minimum atomic E-state index is 0.227. The van der Waals surface area contributed by atoms with Crippen molar-refractivity contribution in [2.24, 2.45) is 0 Å². The third kappa shape index (κ3) is 1.46. The van der Waals surface area contributed by atoms with Crippen molar-refractivity contribution in [3.05, 3.63) is 11.8 Å². The summed E-state index contributed by atoms with van der Waals surface area (Å²) in [5, 5.41) is 8.37. The van der Waals surface area contributed by atoms with E-state index >= 15 is 0 Å². The second-order valence-corrected chi connectivity index (χ2v) is 2.19. The average Bonchev–Trinajstić information content (AvgIpc) is 1.88. The van der Waals surface area contributed by atoms with Crippen molar-refractivity contribution in [3.63, 3.8) is 0 Å². The summed E-state index contributed by atoms with van der Waals surface area (Å²) < 4.78 is 5.14. The first kappa shape index (κ1) is 6.15. The summed E-state index contributed by atoms with van der Waals surface area (Å²) in [6.07, 6.45) is 4.07. The summed E-state index contributed by atoms with van der Waals surface area (Å²) in [5.41, 5.74) is 0. The zero-order valence-corrected chi connectivity index (χ0v) is 5.42. The highest BCUT2D eigenvalue weighted by molar-refractivity contribution is 5.14. The van der Waals surface area contributed by atoms with Crippen molar-refractivity contribution in [3.8, 4) is 6.07 Å². The van der Waals surface area contributed by atoms with E-state index in [0.29, 0.717) is 5.76 Å². The minimum absolute atomic E-state index is 0.227. The first-order chi connectivity index (χ1) is 4.33. The van der Waals surface area contributed by atoms with Crippen molar-refractivity contribution in [1.82, 2.24) is 0 Å². The molecule has 1 aliphatic heterocycles. The lowest BCUT2D eigenvalue weighted by atomic mass is 10.1. The highest BCUT2D eigenvalue weighted by Gasteiger charge is 2.09. The van der Waals surface area contributed by atoms with Gasteiger partial charge in [-0.1, -0.05) is 0 Å². The van der Waals surface area contributed by atoms with Gasteiger partial charge >= 0.3 is 0 Å². The number of nitriles is 1. The predicted molar refractivity (Wildman–Crippen MR) is 33.5 cm³/mol. The van der Waals surface area contributed by atoms with Crippen LogP contribution in [0.15, 0.2) is 11.8 Å². The summed E-state index contributed by atoms with van der Waals surface area (Å²) in [5.74, 6) is 0.480. The molecule has 0 aromatic rings. The summed E-state index contributed by atoms with van der Waals surface area (Å²) in [6.45, 7) is 1.98. The lowest BCUT2D eigenvalue weighted by Crippen LogP contribution is -2.10. The van der Waals surface area contributed by atoms with Crippen molar-refractivity contribution >= 4 is 0 Å². The van der Waals surface area contributed by atoms with Crippen molar-refractivity contribution in [2.45, 2.75) is 25.9 Å². The van der Waals surface area contributed by atoms with Crippen LogP contribution in [0.2, 0.25) is 0 Å². The van der Waals surface area contributed by atoms with Crippen LogP contribution in [-0.4, -0.2) is 6.10 Å². The summed E-state index contributed by atoms with van der Waals surface area (Å²) >= 11 is 0. The molecule has 1 rings (SSSR count). The molecule has 1 unspecified atom stereocenters. The maximum atomic E-state index is 8.37. The highest BCUT2D eigenvalue weighted by atomic mass is 16.5. The molecule has 0 fully saturated rings. The fraction of sp³-hybridized carbons (Fsp3) is 0.571. The largest absolute Gasteiger partial charge is 0.481 e. The maximum Gasteiger partial charge on any atom is 0.193 e. The third-order valence-corrected chi connectivity index (χ3v) is 1.34. The monoisotopic (exact) mass is 123 g/mol. The molecule has 2 heteroatoms. The van der Waals surface area contributed by atoms with Gasteiger partial charge in [0.25, 0.3) is 0 Å². The Morgan fingerprint density at radius 1 is 1.89 bits per heavy atom. The smallest absolute Gasteiger partial charge is 0.193 e. The molecule has 0 aromatic carbocycles. The average molecular weight is 123 g/mol. The molecule has 1 atom stereocenters. The topological polar surface area (TPSA) is 33.0 Å². The van der Waals surface area contributed by atoms with Crippen LogP contribution in [-0.2, 0) is 4.74 Å². The normalized spacial score (nSPS) is 25.8. The van der Waals surface area contributed by atoms with E-state index in [0.717, 1.165) is 12.8 Å². The molecule has 9 heavy (non-hydrogen) atoms. The molecule has 1 heterocycles. The molecule has 0 aromatic heterocycles. The van der Waals surface area contributed by atoms with Crippen LogP contribution in [0.5, 0.6) is 0 Å². The van der Waals surface area contributed by atoms with E-state index in [9.17, 15) is 0 Å². The number of ether oxygens (including phenoxy) is 1. The highest BCUT2D eigenvalue weighted by Crippen LogP contribution is 2.14. The quantitative estimate of drug-likeness (QED) is 0.490. The molecule has 0 bridgehead atoms. The van der Waals surface area contributed by atoms with Gasteiger partial charge in [-0.05, 0) is 25.8 Å². The lowest BCUT2D eigenvalue weighted by molar-refractivity contribution is 0.122. The molecular formula is C7H9NO. The van der Waals surface area contributed by atoms with E-state index in [4.69, 9.17) is 10.00 Å². The van der Waals surface area contributed by atoms with Crippen LogP contribution in [0.3, 0.4) is 0 Å². The number of hydrogen-bond acceptors (Lipinski definition) is 2. The Hall–Kier alpha value is -0.970. The molecular weight excluding hydrogens is 114 g/mol. The van der Waals surface area contributed by atoms with E-state index < -0.39 is 0 Å². The molecule has 0 aliphatic carbocycles. The van der Waals surface area contributed by atoms with Crippen LogP contribution < -0.4 is 0 Å². The standard InChI is InChI=1S/C7H9NO/c1-6-3-2-4-7(5-8)9-6/h4,6H,2-3H2,1H3. The Kier molecular flexibility index (Phi) is 1.74. The second kappa shape index (κ2) is 2.54. The van der Waals surface area contributed by atoms with Gasteiger partial charge in [0.15, 0.2) is 5.76 Å². The van der Waals surface area contributed by atoms with Gasteiger partial charge in [-0.15, -0.1) is 0 Å². The van der Waals surface area contributed by atoms with Crippen LogP contribution in [0, 0.1) is 11.3 Å². The van der Waals surface area contributed by atoms with Gasteiger partial charge in [0.2, 0.25) is 0 Å². The third-order valence-electron chi connectivity index (χ3n) is 1.34. The lowest BCUT2D eigenvalue weighted by Gasteiger charge is -2.16. The van der Waals surface area contributed by atoms with Gasteiger partial charge in [0.1, 0.15) is 6.07 Å².